The van der Waals surface area contributed by atoms with Crippen molar-refractivity contribution < 1.29 is 39.5 Å². The number of benzene rings is 1. The molecule has 0 radical (unpaired) electrons. The molecule has 1 aliphatic heterocycles. The second-order valence-corrected chi connectivity index (χ2v) is 5.54. The van der Waals surface area contributed by atoms with E-state index in [0.717, 1.165) is 5.69 Å². The molecule has 1 aromatic heterocycles. The molecule has 10 heteroatoms. The number of aromatic carboxylic acids is 1. The first-order valence-electron chi connectivity index (χ1n) is 7.37. The van der Waals surface area contributed by atoms with Gasteiger partial charge in [0.15, 0.2) is 5.82 Å². The SMILES string of the molecule is CN1c2c(nc(N)[nH]c2=O)NCC1CNc1ccc(C(=O)[O-])cc1.[Na+]. The molecule has 0 saturated heterocycles. The zero-order valence-electron chi connectivity index (χ0n) is 14.0. The van der Waals surface area contributed by atoms with Gasteiger partial charge in [-0.15, -0.1) is 0 Å². The number of nitrogens with two attached hydrogens (primary N) is 1. The Kier molecular flexibility index (Phi) is 5.93. The van der Waals surface area contributed by atoms with Crippen LogP contribution in [0.15, 0.2) is 29.1 Å². The Morgan fingerprint density at radius 2 is 2.12 bits per heavy atom. The number of fused-ring (bicyclic) bond motifs is 1. The summed E-state index contributed by atoms with van der Waals surface area (Å²) in [5.41, 5.74) is 6.60. The zero-order chi connectivity index (χ0) is 17.3. The number of H-pyrrole nitrogens is 1. The minimum Gasteiger partial charge on any atom is -0.545 e. The van der Waals surface area contributed by atoms with Crippen LogP contribution in [0.25, 0.3) is 0 Å². The molecule has 0 saturated carbocycles. The predicted octanol–water partition coefficient (Wildman–Crippen LogP) is -3.94. The smallest absolute Gasteiger partial charge is 0.545 e. The van der Waals surface area contributed by atoms with Crippen molar-refractivity contribution in [1.82, 2.24) is 9.97 Å². The van der Waals surface area contributed by atoms with Gasteiger partial charge in [0.1, 0.15) is 5.69 Å². The first kappa shape index (κ1) is 19.1. The van der Waals surface area contributed by atoms with Crippen LogP contribution in [0.4, 0.5) is 23.1 Å². The van der Waals surface area contributed by atoms with E-state index in [1.165, 1.54) is 12.1 Å². The largest absolute Gasteiger partial charge is 1.00 e. The Morgan fingerprint density at radius 1 is 1.44 bits per heavy atom. The Hall–Kier alpha value is -2.23. The number of carboxylic acid groups (broad SMARTS) is 1. The molecule has 2 heterocycles. The van der Waals surface area contributed by atoms with Gasteiger partial charge in [-0.3, -0.25) is 9.78 Å². The summed E-state index contributed by atoms with van der Waals surface area (Å²) in [6, 6.07) is 6.31. The number of carbonyl (C=O) groups excluding carboxylic acids is 1. The van der Waals surface area contributed by atoms with Gasteiger partial charge < -0.3 is 31.2 Å². The van der Waals surface area contributed by atoms with Gasteiger partial charge in [-0.25, -0.2) is 0 Å². The van der Waals surface area contributed by atoms with Crippen LogP contribution in [-0.2, 0) is 0 Å². The van der Waals surface area contributed by atoms with Crippen LogP contribution in [0.5, 0.6) is 0 Å². The van der Waals surface area contributed by atoms with Crippen LogP contribution < -0.4 is 61.5 Å². The normalized spacial score (nSPS) is 15.6. The topological polar surface area (TPSA) is 139 Å². The van der Waals surface area contributed by atoms with E-state index < -0.39 is 5.97 Å². The summed E-state index contributed by atoms with van der Waals surface area (Å²) in [6.45, 7) is 1.14. The maximum atomic E-state index is 12.1. The average Bonchev–Trinajstić information content (AvgIpc) is 2.54. The van der Waals surface area contributed by atoms with Crippen molar-refractivity contribution in [3.63, 3.8) is 0 Å². The van der Waals surface area contributed by atoms with Gasteiger partial charge in [-0.1, -0.05) is 12.1 Å². The number of nitrogens with one attached hydrogen (secondary N) is 3. The Balaban J connectivity index is 0.00000225. The van der Waals surface area contributed by atoms with E-state index >= 15 is 0 Å². The summed E-state index contributed by atoms with van der Waals surface area (Å²) in [7, 11) is 1.82. The first-order chi connectivity index (χ1) is 11.5. The van der Waals surface area contributed by atoms with Crippen LogP contribution in [-0.4, -0.2) is 42.1 Å². The molecule has 25 heavy (non-hydrogen) atoms. The number of nitrogen functional groups attached to an aromatic ring is 1. The fourth-order valence-electron chi connectivity index (χ4n) is 2.64. The molecule has 1 aliphatic rings. The van der Waals surface area contributed by atoms with Gasteiger partial charge >= 0.3 is 29.6 Å². The van der Waals surface area contributed by atoms with Gasteiger partial charge in [-0.05, 0) is 17.7 Å². The summed E-state index contributed by atoms with van der Waals surface area (Å²) in [5.74, 6) is -0.669. The fourth-order valence-corrected chi connectivity index (χ4v) is 2.64. The molecular weight excluding hydrogens is 335 g/mol. The van der Waals surface area contributed by atoms with Gasteiger partial charge in [0, 0.05) is 25.8 Å². The maximum Gasteiger partial charge on any atom is 1.00 e. The van der Waals surface area contributed by atoms with Crippen LogP contribution in [0, 0.1) is 0 Å². The molecular formula is C15H17N6NaO3. The van der Waals surface area contributed by atoms with Crippen LogP contribution in [0.3, 0.4) is 0 Å². The van der Waals surface area contributed by atoms with E-state index in [1.54, 1.807) is 12.1 Å². The summed E-state index contributed by atoms with van der Waals surface area (Å²) in [5, 5.41) is 17.1. The molecule has 0 amide bonds. The quantitative estimate of drug-likeness (QED) is 0.409. The summed E-state index contributed by atoms with van der Waals surface area (Å²) < 4.78 is 0. The van der Waals surface area contributed by atoms with Crippen LogP contribution in [0.2, 0.25) is 0 Å². The fraction of sp³-hybridized carbons (Fsp3) is 0.267. The van der Waals surface area contributed by atoms with E-state index in [2.05, 4.69) is 20.6 Å². The molecule has 126 valence electrons. The zero-order valence-corrected chi connectivity index (χ0v) is 16.0. The molecule has 1 aromatic carbocycles. The van der Waals surface area contributed by atoms with Gasteiger partial charge in [-0.2, -0.15) is 4.98 Å². The van der Waals surface area contributed by atoms with Gasteiger partial charge in [0.25, 0.3) is 5.56 Å². The number of aromatic amines is 1. The summed E-state index contributed by atoms with van der Waals surface area (Å²) in [6.07, 6.45) is 0. The van der Waals surface area contributed by atoms with Crippen molar-refractivity contribution in [2.45, 2.75) is 6.04 Å². The second kappa shape index (κ2) is 7.77. The van der Waals surface area contributed by atoms with E-state index in [4.69, 9.17) is 5.73 Å². The molecule has 0 aliphatic carbocycles. The number of aromatic nitrogens is 2. The van der Waals surface area contributed by atoms with Gasteiger partial charge in [0.05, 0.1) is 12.0 Å². The number of nitrogens with zero attached hydrogens (tertiary/aromatic N) is 2. The molecule has 1 atom stereocenters. The number of likely N-dealkylation sites (N-methyl/N-ethyl adjacent to an activating group) is 1. The van der Waals surface area contributed by atoms with Crippen LogP contribution in [0.1, 0.15) is 10.4 Å². The molecule has 1 unspecified atom stereocenters. The number of anilines is 4. The van der Waals surface area contributed by atoms with Gasteiger partial charge in [0.2, 0.25) is 5.95 Å². The monoisotopic (exact) mass is 352 g/mol. The molecule has 0 bridgehead atoms. The number of carboxylic acids is 1. The second-order valence-electron chi connectivity index (χ2n) is 5.54. The third kappa shape index (κ3) is 4.06. The average molecular weight is 352 g/mol. The van der Waals surface area contributed by atoms with Crippen molar-refractivity contribution in [3.05, 3.63) is 40.2 Å². The maximum absolute atomic E-state index is 12.1. The Labute approximate surface area is 165 Å². The molecule has 5 N–H and O–H groups in total. The number of rotatable bonds is 4. The summed E-state index contributed by atoms with van der Waals surface area (Å²) in [4.78, 5) is 31.2. The first-order valence-corrected chi connectivity index (χ1v) is 7.37. The minimum atomic E-state index is -1.21. The third-order valence-corrected chi connectivity index (χ3v) is 3.98. The molecule has 0 spiro atoms. The van der Waals surface area contributed by atoms with Crippen molar-refractivity contribution in [2.24, 2.45) is 0 Å². The molecule has 2 aromatic rings. The Bertz CT molecular complexity index is 823. The van der Waals surface area contributed by atoms with E-state index in [9.17, 15) is 14.7 Å². The molecule has 3 rings (SSSR count). The molecule has 0 fully saturated rings. The predicted molar refractivity (Wildman–Crippen MR) is 89.2 cm³/mol. The summed E-state index contributed by atoms with van der Waals surface area (Å²) >= 11 is 0. The number of carbonyl (C=O) groups is 1. The standard InChI is InChI=1S/C15H18N6O3.Na/c1-21-10(6-17-9-4-2-8(3-5-9)14(23)24)7-18-12-11(21)13(22)20-15(16)19-12;/h2-5,10,17H,6-7H2,1H3,(H,23,24)(H4,16,18,19,20,22);/q;+1/p-1. The third-order valence-electron chi connectivity index (χ3n) is 3.98. The minimum absolute atomic E-state index is 0. The van der Waals surface area contributed by atoms with Crippen molar-refractivity contribution in [3.8, 4) is 0 Å². The van der Waals surface area contributed by atoms with Crippen molar-refractivity contribution >= 4 is 29.1 Å². The Morgan fingerprint density at radius 3 is 2.76 bits per heavy atom. The number of hydrogen-bond donors (Lipinski definition) is 4. The number of hydrogen-bond acceptors (Lipinski definition) is 8. The van der Waals surface area contributed by atoms with Crippen molar-refractivity contribution in [2.75, 3.05) is 41.4 Å². The van der Waals surface area contributed by atoms with Crippen molar-refractivity contribution in [1.29, 1.82) is 0 Å². The van der Waals surface area contributed by atoms with E-state index in [0.29, 0.717) is 24.6 Å². The molecule has 9 nitrogen and oxygen atoms in total. The van der Waals surface area contributed by atoms with E-state index in [1.807, 2.05) is 11.9 Å². The van der Waals surface area contributed by atoms with E-state index in [-0.39, 0.29) is 52.7 Å². The van der Waals surface area contributed by atoms with Crippen LogP contribution >= 0.6 is 0 Å².